The summed E-state index contributed by atoms with van der Waals surface area (Å²) in [5.41, 5.74) is -0.104. The molecule has 2 rings (SSSR count). The van der Waals surface area contributed by atoms with Crippen molar-refractivity contribution >= 4 is 23.6 Å². The van der Waals surface area contributed by atoms with Crippen LogP contribution < -0.4 is 10.1 Å². The third-order valence-corrected chi connectivity index (χ3v) is 6.27. The summed E-state index contributed by atoms with van der Waals surface area (Å²) < 4.78 is 5.52. The minimum atomic E-state index is -1.07. The first-order chi connectivity index (χ1) is 18.0. The maximum Gasteiger partial charge on any atom is 0.359 e. The third-order valence-electron chi connectivity index (χ3n) is 6.27. The number of non-ortho nitro benzene ring substituents is 1. The Bertz CT molecular complexity index is 947. The Labute approximate surface area is 219 Å². The fraction of sp³-hybridized carbons (Fsp3) is 0.609. The van der Waals surface area contributed by atoms with Crippen LogP contribution in [0.4, 0.5) is 5.69 Å². The maximum atomic E-state index is 11.8. The van der Waals surface area contributed by atoms with Crippen LogP contribution >= 0.6 is 0 Å². The highest BCUT2D eigenvalue weighted by Gasteiger charge is 2.34. The number of rotatable bonds is 12. The van der Waals surface area contributed by atoms with E-state index in [-0.39, 0.29) is 62.6 Å². The fourth-order valence-corrected chi connectivity index (χ4v) is 4.40. The van der Waals surface area contributed by atoms with E-state index in [9.17, 15) is 39.8 Å². The first-order valence-corrected chi connectivity index (χ1v) is 12.2. The highest BCUT2D eigenvalue weighted by Crippen LogP contribution is 2.18. The Morgan fingerprint density at radius 2 is 1.55 bits per heavy atom. The van der Waals surface area contributed by atoms with E-state index in [1.54, 1.807) is 9.80 Å². The van der Waals surface area contributed by atoms with Gasteiger partial charge in [0.25, 0.3) is 5.69 Å². The lowest BCUT2D eigenvalue weighted by molar-refractivity contribution is -0.922. The van der Waals surface area contributed by atoms with Gasteiger partial charge in [-0.1, -0.05) is 0 Å². The molecule has 1 aliphatic rings. The van der Waals surface area contributed by atoms with Gasteiger partial charge in [-0.2, -0.15) is 0 Å². The van der Waals surface area contributed by atoms with Crippen molar-refractivity contribution in [3.8, 4) is 5.75 Å². The van der Waals surface area contributed by atoms with Crippen molar-refractivity contribution in [3.63, 3.8) is 0 Å². The molecule has 1 aromatic rings. The zero-order valence-corrected chi connectivity index (χ0v) is 21.1. The predicted molar refractivity (Wildman–Crippen MR) is 133 cm³/mol. The van der Waals surface area contributed by atoms with Crippen LogP contribution in [-0.4, -0.2) is 149 Å². The third kappa shape index (κ3) is 11.4. The summed E-state index contributed by atoms with van der Waals surface area (Å²) in [5.74, 6) is -2.80. The molecule has 15 heteroatoms. The number of carboxylic acid groups (broad SMARTS) is 3. The Morgan fingerprint density at radius 3 is 2.11 bits per heavy atom. The van der Waals surface area contributed by atoms with Gasteiger partial charge in [0.05, 0.1) is 31.1 Å². The van der Waals surface area contributed by atoms with Gasteiger partial charge in [0.15, 0.2) is 6.54 Å². The number of nitrogens with one attached hydrogen (secondary N) is 1. The predicted octanol–water partition coefficient (Wildman–Crippen LogP) is -1.39. The van der Waals surface area contributed by atoms with Gasteiger partial charge in [-0.25, -0.2) is 4.79 Å². The van der Waals surface area contributed by atoms with Crippen LogP contribution in [0.2, 0.25) is 0 Å². The van der Waals surface area contributed by atoms with E-state index in [1.165, 1.54) is 24.3 Å². The monoisotopic (exact) mass is 542 g/mol. The van der Waals surface area contributed by atoms with Crippen LogP contribution in [0.3, 0.4) is 0 Å². The van der Waals surface area contributed by atoms with Gasteiger partial charge in [0.1, 0.15) is 25.0 Å². The highest BCUT2D eigenvalue weighted by atomic mass is 16.6. The molecule has 5 N–H and O–H groups in total. The maximum absolute atomic E-state index is 11.8. The lowest BCUT2D eigenvalue weighted by atomic mass is 10.2. The zero-order chi connectivity index (χ0) is 28.1. The number of aliphatic hydroxyl groups excluding tert-OH is 1. The smallest absolute Gasteiger partial charge is 0.359 e. The lowest BCUT2D eigenvalue weighted by Gasteiger charge is -2.40. The molecule has 1 saturated heterocycles. The molecule has 1 aliphatic heterocycles. The van der Waals surface area contributed by atoms with Crippen LogP contribution in [0.25, 0.3) is 0 Å². The number of benzene rings is 1. The standard InChI is InChI=1S/C23H35N5O10/c29-19(17-38-20-3-1-18(2-4-20)27(36)37)15-28(16-23(34)35)11-6-24-5-7-25(13-21(30)31)8-9-26(10-12-28)14-22(32)33/h1-4,19,24,29H,5-17H2,(H2-,30,31,32,33,34,35)/p+1. The molecule has 0 aliphatic carbocycles. The zero-order valence-electron chi connectivity index (χ0n) is 21.1. The summed E-state index contributed by atoms with van der Waals surface area (Å²) in [4.78, 5) is 48.1. The molecule has 1 fully saturated rings. The number of carboxylic acids is 3. The van der Waals surface area contributed by atoms with Crippen molar-refractivity contribution in [2.45, 2.75) is 6.10 Å². The second-order valence-corrected chi connectivity index (χ2v) is 9.33. The molecule has 38 heavy (non-hydrogen) atoms. The van der Waals surface area contributed by atoms with E-state index in [2.05, 4.69) is 5.32 Å². The number of carbonyl (C=O) groups is 3. The molecule has 0 spiro atoms. The molecule has 0 amide bonds. The largest absolute Gasteiger partial charge is 0.491 e. The quantitative estimate of drug-likeness (QED) is 0.117. The Balaban J connectivity index is 2.14. The van der Waals surface area contributed by atoms with E-state index in [4.69, 9.17) is 9.84 Å². The van der Waals surface area contributed by atoms with Crippen LogP contribution in [0, 0.1) is 10.1 Å². The molecule has 2 atom stereocenters. The molecule has 0 saturated carbocycles. The first-order valence-electron chi connectivity index (χ1n) is 12.2. The van der Waals surface area contributed by atoms with Gasteiger partial charge >= 0.3 is 17.9 Å². The average molecular weight is 543 g/mol. The Kier molecular flexibility index (Phi) is 12.3. The van der Waals surface area contributed by atoms with E-state index in [1.807, 2.05) is 0 Å². The van der Waals surface area contributed by atoms with E-state index in [0.717, 1.165) is 0 Å². The average Bonchev–Trinajstić information content (AvgIpc) is 2.82. The molecular formula is C23H36N5O10+. The number of hydrogen-bond donors (Lipinski definition) is 5. The summed E-state index contributed by atoms with van der Waals surface area (Å²) >= 11 is 0. The normalized spacial score (nSPS) is 21.0. The summed E-state index contributed by atoms with van der Waals surface area (Å²) in [6.45, 7) is 1.70. The Hall–Kier alpha value is -3.37. The molecule has 0 aromatic heterocycles. The summed E-state index contributed by atoms with van der Waals surface area (Å²) in [6.07, 6.45) is -1.07. The van der Waals surface area contributed by atoms with Crippen molar-refractivity contribution in [2.24, 2.45) is 0 Å². The molecular weight excluding hydrogens is 506 g/mol. The van der Waals surface area contributed by atoms with Crippen molar-refractivity contribution in [3.05, 3.63) is 34.4 Å². The van der Waals surface area contributed by atoms with Crippen molar-refractivity contribution in [1.82, 2.24) is 15.1 Å². The van der Waals surface area contributed by atoms with Gasteiger partial charge in [0.2, 0.25) is 0 Å². The Morgan fingerprint density at radius 1 is 0.947 bits per heavy atom. The first kappa shape index (κ1) is 30.9. The molecule has 15 nitrogen and oxygen atoms in total. The van der Waals surface area contributed by atoms with Crippen molar-refractivity contribution in [2.75, 3.05) is 85.1 Å². The summed E-state index contributed by atoms with van der Waals surface area (Å²) in [7, 11) is 0. The number of nitro benzene ring substituents is 1. The highest BCUT2D eigenvalue weighted by molar-refractivity contribution is 5.69. The van der Waals surface area contributed by atoms with Gasteiger partial charge in [-0.05, 0) is 12.1 Å². The molecule has 0 radical (unpaired) electrons. The van der Waals surface area contributed by atoms with Gasteiger partial charge < -0.3 is 35.0 Å². The molecule has 0 bridgehead atoms. The number of aliphatic hydroxyl groups is 1. The topological polar surface area (TPSA) is 203 Å². The van der Waals surface area contributed by atoms with Gasteiger partial charge in [-0.15, -0.1) is 0 Å². The molecule has 212 valence electrons. The molecule has 1 aromatic carbocycles. The molecule has 1 heterocycles. The van der Waals surface area contributed by atoms with E-state index in [0.29, 0.717) is 38.5 Å². The minimum Gasteiger partial charge on any atom is -0.491 e. The van der Waals surface area contributed by atoms with Crippen LogP contribution in [0.15, 0.2) is 24.3 Å². The second kappa shape index (κ2) is 15.1. The van der Waals surface area contributed by atoms with Crippen molar-refractivity contribution in [1.29, 1.82) is 0 Å². The lowest BCUT2D eigenvalue weighted by Crippen LogP contribution is -2.61. The molecule has 2 unspecified atom stereocenters. The number of aliphatic carboxylic acids is 3. The minimum absolute atomic E-state index is 0.0208. The number of quaternary nitrogens is 1. The number of nitro groups is 1. The van der Waals surface area contributed by atoms with E-state index >= 15 is 0 Å². The van der Waals surface area contributed by atoms with Gasteiger partial charge in [-0.3, -0.25) is 29.5 Å². The fourth-order valence-electron chi connectivity index (χ4n) is 4.40. The second-order valence-electron chi connectivity index (χ2n) is 9.33. The van der Waals surface area contributed by atoms with Crippen molar-refractivity contribution < 1.29 is 49.0 Å². The van der Waals surface area contributed by atoms with Gasteiger partial charge in [0, 0.05) is 51.4 Å². The number of nitrogens with zero attached hydrogens (tertiary/aromatic N) is 4. The van der Waals surface area contributed by atoms with Crippen LogP contribution in [-0.2, 0) is 14.4 Å². The number of hydrogen-bond acceptors (Lipinski definition) is 10. The SMILES string of the molecule is O=C(O)CN1CCNCC[N+](CC(=O)O)(CC(O)COc2ccc([N+](=O)[O-])cc2)CCN(CC(=O)O)CC1. The number of ether oxygens (including phenoxy) is 1. The summed E-state index contributed by atoms with van der Waals surface area (Å²) in [5, 5.41) is 53.0. The summed E-state index contributed by atoms with van der Waals surface area (Å²) in [6, 6.07) is 5.36. The van der Waals surface area contributed by atoms with Crippen LogP contribution in [0.5, 0.6) is 5.75 Å². The van der Waals surface area contributed by atoms with Crippen LogP contribution in [0.1, 0.15) is 0 Å². The van der Waals surface area contributed by atoms with E-state index < -0.39 is 28.9 Å².